The van der Waals surface area contributed by atoms with Gasteiger partial charge in [-0.1, -0.05) is 6.07 Å². The number of hydrogen-bond donors (Lipinski definition) is 1. The number of nitrogens with zero attached hydrogens (tertiary/aromatic N) is 5. The summed E-state index contributed by atoms with van der Waals surface area (Å²) in [4.78, 5) is 27.3. The molecule has 0 bridgehead atoms. The molecule has 4 rings (SSSR count). The Hall–Kier alpha value is -3.29. The van der Waals surface area contributed by atoms with Crippen LogP contribution in [0.4, 0.5) is 10.3 Å². The molecule has 0 radical (unpaired) electrons. The Labute approximate surface area is 168 Å². The van der Waals surface area contributed by atoms with Crippen molar-refractivity contribution >= 4 is 11.9 Å². The van der Waals surface area contributed by atoms with Crippen molar-refractivity contribution < 1.29 is 9.18 Å². The second kappa shape index (κ2) is 8.38. The van der Waals surface area contributed by atoms with E-state index >= 15 is 0 Å². The first-order valence-electron chi connectivity index (χ1n) is 9.70. The second-order valence-corrected chi connectivity index (χ2v) is 7.18. The number of rotatable bonds is 5. The van der Waals surface area contributed by atoms with Crippen LogP contribution in [0.5, 0.6) is 0 Å². The molecule has 1 N–H and O–H groups in total. The van der Waals surface area contributed by atoms with Crippen LogP contribution in [-0.4, -0.2) is 38.5 Å². The molecule has 1 saturated heterocycles. The van der Waals surface area contributed by atoms with Crippen molar-refractivity contribution in [2.45, 2.75) is 26.3 Å². The number of carbonyl (C=O) groups excluding carboxylic acids is 1. The van der Waals surface area contributed by atoms with E-state index in [2.05, 4.69) is 20.3 Å². The van der Waals surface area contributed by atoms with Crippen LogP contribution in [-0.2, 0) is 11.3 Å². The zero-order valence-corrected chi connectivity index (χ0v) is 16.3. The molecule has 150 valence electrons. The molecule has 0 spiro atoms. The van der Waals surface area contributed by atoms with Gasteiger partial charge in [0.15, 0.2) is 0 Å². The molecule has 1 fully saturated rings. The highest BCUT2D eigenvalue weighted by Crippen LogP contribution is 2.21. The van der Waals surface area contributed by atoms with Gasteiger partial charge in [-0.3, -0.25) is 4.79 Å². The van der Waals surface area contributed by atoms with E-state index in [1.54, 1.807) is 41.5 Å². The SMILES string of the molecule is Cc1nccn1-c1ccc(CNC(=O)C2CCCN(c3ncccn3)C2)cc1F. The van der Waals surface area contributed by atoms with Gasteiger partial charge in [0, 0.05) is 44.4 Å². The lowest BCUT2D eigenvalue weighted by molar-refractivity contribution is -0.125. The van der Waals surface area contributed by atoms with Gasteiger partial charge in [-0.2, -0.15) is 0 Å². The van der Waals surface area contributed by atoms with E-state index < -0.39 is 0 Å². The highest BCUT2D eigenvalue weighted by Gasteiger charge is 2.26. The lowest BCUT2D eigenvalue weighted by Crippen LogP contribution is -2.43. The molecule has 29 heavy (non-hydrogen) atoms. The summed E-state index contributed by atoms with van der Waals surface area (Å²) in [5, 5.41) is 2.94. The van der Waals surface area contributed by atoms with E-state index in [0.29, 0.717) is 24.0 Å². The van der Waals surface area contributed by atoms with Gasteiger partial charge >= 0.3 is 0 Å². The van der Waals surface area contributed by atoms with E-state index in [1.807, 2.05) is 17.9 Å². The molecule has 3 aromatic rings. The Kier molecular flexibility index (Phi) is 5.50. The molecule has 1 aromatic carbocycles. The van der Waals surface area contributed by atoms with Crippen LogP contribution >= 0.6 is 0 Å². The number of carbonyl (C=O) groups is 1. The number of halogens is 1. The Morgan fingerprint density at radius 3 is 2.79 bits per heavy atom. The minimum absolute atomic E-state index is 0.0273. The molecule has 1 unspecified atom stereocenters. The minimum atomic E-state index is -0.345. The number of nitrogens with one attached hydrogen (secondary N) is 1. The third-order valence-corrected chi connectivity index (χ3v) is 5.19. The van der Waals surface area contributed by atoms with Gasteiger partial charge in [-0.15, -0.1) is 0 Å². The standard InChI is InChI=1S/C21H23FN6O/c1-15-23-9-11-28(15)19-6-5-16(12-18(19)22)13-26-20(29)17-4-2-10-27(14-17)21-24-7-3-8-25-21/h3,5-9,11-12,17H,2,4,10,13-14H2,1H3,(H,26,29). The number of imidazole rings is 1. The molecule has 2 aromatic heterocycles. The first-order valence-corrected chi connectivity index (χ1v) is 9.70. The number of hydrogen-bond acceptors (Lipinski definition) is 5. The van der Waals surface area contributed by atoms with Gasteiger partial charge in [-0.05, 0) is 43.5 Å². The van der Waals surface area contributed by atoms with Crippen molar-refractivity contribution in [3.63, 3.8) is 0 Å². The highest BCUT2D eigenvalue weighted by molar-refractivity contribution is 5.79. The molecule has 1 atom stereocenters. The van der Waals surface area contributed by atoms with E-state index in [-0.39, 0.29) is 24.2 Å². The molecule has 0 aliphatic carbocycles. The molecule has 1 amide bonds. The highest BCUT2D eigenvalue weighted by atomic mass is 19.1. The third-order valence-electron chi connectivity index (χ3n) is 5.19. The smallest absolute Gasteiger partial charge is 0.225 e. The van der Waals surface area contributed by atoms with E-state index in [4.69, 9.17) is 0 Å². The number of aryl methyl sites for hydroxylation is 1. The third kappa shape index (κ3) is 4.26. The van der Waals surface area contributed by atoms with E-state index in [0.717, 1.165) is 24.9 Å². The molecular formula is C21H23FN6O. The quantitative estimate of drug-likeness (QED) is 0.720. The van der Waals surface area contributed by atoms with Crippen LogP contribution in [0.15, 0.2) is 49.1 Å². The van der Waals surface area contributed by atoms with Crippen LogP contribution in [0.3, 0.4) is 0 Å². The maximum absolute atomic E-state index is 14.5. The van der Waals surface area contributed by atoms with Gasteiger partial charge in [0.2, 0.25) is 11.9 Å². The van der Waals surface area contributed by atoms with Crippen LogP contribution in [0.1, 0.15) is 24.2 Å². The zero-order valence-electron chi connectivity index (χ0n) is 16.3. The molecule has 0 saturated carbocycles. The molecule has 3 heterocycles. The summed E-state index contributed by atoms with van der Waals surface area (Å²) >= 11 is 0. The number of benzene rings is 1. The predicted molar refractivity (Wildman–Crippen MR) is 107 cm³/mol. The summed E-state index contributed by atoms with van der Waals surface area (Å²) in [6, 6.07) is 6.76. The first kappa shape index (κ1) is 19.0. The van der Waals surface area contributed by atoms with Crippen molar-refractivity contribution in [1.82, 2.24) is 24.8 Å². The zero-order chi connectivity index (χ0) is 20.2. The normalized spacial score (nSPS) is 16.6. The van der Waals surface area contributed by atoms with Gasteiger partial charge in [-0.25, -0.2) is 19.3 Å². The molecule has 8 heteroatoms. The number of aromatic nitrogens is 4. The van der Waals surface area contributed by atoms with Crippen molar-refractivity contribution in [1.29, 1.82) is 0 Å². The van der Waals surface area contributed by atoms with Crippen molar-refractivity contribution in [3.05, 3.63) is 66.3 Å². The summed E-state index contributed by atoms with van der Waals surface area (Å²) in [5.41, 5.74) is 1.16. The molecular weight excluding hydrogens is 371 g/mol. The Morgan fingerprint density at radius 2 is 2.07 bits per heavy atom. The maximum atomic E-state index is 14.5. The van der Waals surface area contributed by atoms with Gasteiger partial charge in [0.1, 0.15) is 11.6 Å². The topological polar surface area (TPSA) is 75.9 Å². The maximum Gasteiger partial charge on any atom is 0.225 e. The van der Waals surface area contributed by atoms with Gasteiger partial charge < -0.3 is 14.8 Å². The van der Waals surface area contributed by atoms with Gasteiger partial charge in [0.25, 0.3) is 0 Å². The van der Waals surface area contributed by atoms with Crippen molar-refractivity contribution in [3.8, 4) is 5.69 Å². The largest absolute Gasteiger partial charge is 0.352 e. The average Bonchev–Trinajstić information content (AvgIpc) is 3.18. The molecule has 7 nitrogen and oxygen atoms in total. The van der Waals surface area contributed by atoms with Gasteiger partial charge in [0.05, 0.1) is 11.6 Å². The lowest BCUT2D eigenvalue weighted by Gasteiger charge is -2.31. The number of anilines is 1. The summed E-state index contributed by atoms with van der Waals surface area (Å²) in [6.45, 7) is 3.54. The van der Waals surface area contributed by atoms with Crippen LogP contribution in [0, 0.1) is 18.7 Å². The first-order chi connectivity index (χ1) is 14.1. The summed E-state index contributed by atoms with van der Waals surface area (Å²) < 4.78 is 16.2. The summed E-state index contributed by atoms with van der Waals surface area (Å²) in [6.07, 6.45) is 8.49. The molecule has 1 aliphatic heterocycles. The average molecular weight is 394 g/mol. The second-order valence-electron chi connectivity index (χ2n) is 7.18. The number of amides is 1. The van der Waals surface area contributed by atoms with Crippen LogP contribution in [0.2, 0.25) is 0 Å². The Balaban J connectivity index is 1.37. The fraction of sp³-hybridized carbons (Fsp3) is 0.333. The number of piperidine rings is 1. The van der Waals surface area contributed by atoms with E-state index in [1.165, 1.54) is 6.07 Å². The predicted octanol–water partition coefficient (Wildman–Crippen LogP) is 2.64. The van der Waals surface area contributed by atoms with E-state index in [9.17, 15) is 9.18 Å². The fourth-order valence-corrected chi connectivity index (χ4v) is 3.65. The fourth-order valence-electron chi connectivity index (χ4n) is 3.65. The Morgan fingerprint density at radius 1 is 1.24 bits per heavy atom. The molecule has 1 aliphatic rings. The van der Waals surface area contributed by atoms with Crippen molar-refractivity contribution in [2.75, 3.05) is 18.0 Å². The monoisotopic (exact) mass is 394 g/mol. The van der Waals surface area contributed by atoms with Crippen molar-refractivity contribution in [2.24, 2.45) is 5.92 Å². The summed E-state index contributed by atoms with van der Waals surface area (Å²) in [5.74, 6) is 0.861. The van der Waals surface area contributed by atoms with Crippen LogP contribution in [0.25, 0.3) is 5.69 Å². The minimum Gasteiger partial charge on any atom is -0.352 e. The summed E-state index contributed by atoms with van der Waals surface area (Å²) in [7, 11) is 0. The lowest BCUT2D eigenvalue weighted by atomic mass is 9.97. The van der Waals surface area contributed by atoms with Crippen LogP contribution < -0.4 is 10.2 Å². The Bertz CT molecular complexity index is 990.